The third-order valence-electron chi connectivity index (χ3n) is 2.64. The molecule has 0 aliphatic carbocycles. The van der Waals surface area contributed by atoms with Gasteiger partial charge in [-0.2, -0.15) is 0 Å². The lowest BCUT2D eigenvalue weighted by Crippen LogP contribution is -2.05. The molecule has 1 atom stereocenters. The zero-order chi connectivity index (χ0) is 13.5. The minimum Gasteiger partial charge on any atom is -0.496 e. The fourth-order valence-corrected chi connectivity index (χ4v) is 1.73. The smallest absolute Gasteiger partial charge is 0.125 e. The quantitative estimate of drug-likeness (QED) is 0.619. The molecule has 0 heterocycles. The molecule has 1 aromatic rings. The van der Waals surface area contributed by atoms with Crippen molar-refractivity contribution in [2.75, 3.05) is 14.2 Å². The zero-order valence-electron chi connectivity index (χ0n) is 10.7. The number of hydrogen-bond donors (Lipinski definition) is 1. The molecular formula is C15H18O3. The van der Waals surface area contributed by atoms with Crippen LogP contribution in [0.2, 0.25) is 0 Å². The van der Waals surface area contributed by atoms with E-state index in [4.69, 9.17) is 9.47 Å². The van der Waals surface area contributed by atoms with Crippen LogP contribution in [0.25, 0.3) is 0 Å². The highest BCUT2D eigenvalue weighted by atomic mass is 16.5. The first-order valence-corrected chi connectivity index (χ1v) is 5.53. The Morgan fingerprint density at radius 2 is 1.89 bits per heavy atom. The second-order valence-electron chi connectivity index (χ2n) is 3.58. The molecule has 3 nitrogen and oxygen atoms in total. The van der Waals surface area contributed by atoms with Crippen LogP contribution in [-0.2, 0) is 4.74 Å². The summed E-state index contributed by atoms with van der Waals surface area (Å²) in [5.41, 5.74) is 1.21. The summed E-state index contributed by atoms with van der Waals surface area (Å²) in [6.45, 7) is 7.34. The number of aliphatic hydroxyl groups excluding tert-OH is 1. The Labute approximate surface area is 108 Å². The lowest BCUT2D eigenvalue weighted by molar-refractivity contribution is 0.202. The van der Waals surface area contributed by atoms with Crippen molar-refractivity contribution >= 4 is 0 Å². The second kappa shape index (κ2) is 6.67. The van der Waals surface area contributed by atoms with Gasteiger partial charge >= 0.3 is 0 Å². The van der Waals surface area contributed by atoms with Gasteiger partial charge in [-0.1, -0.05) is 37.4 Å². The Morgan fingerprint density at radius 1 is 1.22 bits per heavy atom. The Hall–Kier alpha value is -2.00. The molecule has 1 unspecified atom stereocenters. The predicted octanol–water partition coefficient (Wildman–Crippen LogP) is 3.00. The molecule has 0 saturated heterocycles. The summed E-state index contributed by atoms with van der Waals surface area (Å²) in [5.74, 6) is 1.10. The Kier molecular flexibility index (Phi) is 5.21. The lowest BCUT2D eigenvalue weighted by Gasteiger charge is -2.17. The maximum atomic E-state index is 10.4. The van der Waals surface area contributed by atoms with Crippen LogP contribution >= 0.6 is 0 Å². The van der Waals surface area contributed by atoms with Crippen molar-refractivity contribution in [3.63, 3.8) is 0 Å². The molecule has 0 spiro atoms. The Morgan fingerprint density at radius 3 is 2.39 bits per heavy atom. The Balaban J connectivity index is 3.27. The van der Waals surface area contributed by atoms with Gasteiger partial charge in [-0.25, -0.2) is 0 Å². The van der Waals surface area contributed by atoms with E-state index in [1.54, 1.807) is 25.3 Å². The van der Waals surface area contributed by atoms with Gasteiger partial charge in [0.05, 0.1) is 14.2 Å². The van der Waals surface area contributed by atoms with Gasteiger partial charge in [-0.3, -0.25) is 0 Å². The molecule has 0 saturated carbocycles. The number of rotatable bonds is 6. The average Bonchev–Trinajstić information content (AvgIpc) is 2.43. The first-order valence-electron chi connectivity index (χ1n) is 5.53. The van der Waals surface area contributed by atoms with Crippen LogP contribution in [0.4, 0.5) is 0 Å². The molecule has 0 amide bonds. The van der Waals surface area contributed by atoms with Crippen LogP contribution in [0.5, 0.6) is 5.75 Å². The molecule has 0 bridgehead atoms. The third kappa shape index (κ3) is 2.81. The molecule has 0 aliphatic rings. The van der Waals surface area contributed by atoms with Gasteiger partial charge in [0.15, 0.2) is 0 Å². The minimum atomic E-state index is -0.869. The summed E-state index contributed by atoms with van der Waals surface area (Å²) >= 11 is 0. The number of hydrogen-bond acceptors (Lipinski definition) is 3. The fourth-order valence-electron chi connectivity index (χ4n) is 1.73. The number of benzene rings is 1. The Bertz CT molecular complexity index is 461. The van der Waals surface area contributed by atoms with Crippen LogP contribution in [0.3, 0.4) is 0 Å². The van der Waals surface area contributed by atoms with Crippen LogP contribution in [0.1, 0.15) is 11.7 Å². The van der Waals surface area contributed by atoms with Gasteiger partial charge in [-0.05, 0) is 12.1 Å². The standard InChI is InChI=1S/C15H18O3/c1-5-11(13(6-2)17-3)15(16)12-9-7-8-10-14(12)18-4/h5-10,15-16H,1-2H2,3-4H3. The van der Waals surface area contributed by atoms with Gasteiger partial charge in [0.2, 0.25) is 0 Å². The number of methoxy groups -OCH3 is 2. The first-order chi connectivity index (χ1) is 8.69. The molecule has 0 radical (unpaired) electrons. The maximum Gasteiger partial charge on any atom is 0.125 e. The van der Waals surface area contributed by atoms with Crippen molar-refractivity contribution in [3.8, 4) is 5.75 Å². The van der Waals surface area contributed by atoms with Crippen molar-refractivity contribution in [3.05, 3.63) is 66.5 Å². The van der Waals surface area contributed by atoms with Crippen LogP contribution in [0, 0.1) is 0 Å². The average molecular weight is 246 g/mol. The highest BCUT2D eigenvalue weighted by Gasteiger charge is 2.18. The first kappa shape index (κ1) is 14.1. The molecular weight excluding hydrogens is 228 g/mol. The van der Waals surface area contributed by atoms with Crippen molar-refractivity contribution in [2.24, 2.45) is 0 Å². The summed E-state index contributed by atoms with van der Waals surface area (Å²) in [4.78, 5) is 0. The number of allylic oxidation sites excluding steroid dienone is 1. The lowest BCUT2D eigenvalue weighted by atomic mass is 9.99. The van der Waals surface area contributed by atoms with Crippen molar-refractivity contribution in [1.29, 1.82) is 0 Å². The predicted molar refractivity (Wildman–Crippen MR) is 72.4 cm³/mol. The van der Waals surface area contributed by atoms with Crippen molar-refractivity contribution in [2.45, 2.75) is 6.10 Å². The van der Waals surface area contributed by atoms with E-state index in [-0.39, 0.29) is 0 Å². The SMILES string of the molecule is C=CC(OC)=C(C=C)C(O)c1ccccc1OC. The van der Waals surface area contributed by atoms with Crippen LogP contribution in [-0.4, -0.2) is 19.3 Å². The summed E-state index contributed by atoms with van der Waals surface area (Å²) in [6, 6.07) is 7.27. The van der Waals surface area contributed by atoms with Gasteiger partial charge in [0.25, 0.3) is 0 Å². The third-order valence-corrected chi connectivity index (χ3v) is 2.64. The van der Waals surface area contributed by atoms with E-state index in [2.05, 4.69) is 13.2 Å². The minimum absolute atomic E-state index is 0.489. The second-order valence-corrected chi connectivity index (χ2v) is 3.58. The molecule has 96 valence electrons. The van der Waals surface area contributed by atoms with Crippen LogP contribution in [0.15, 0.2) is 60.9 Å². The van der Waals surface area contributed by atoms with E-state index in [0.29, 0.717) is 22.6 Å². The highest BCUT2D eigenvalue weighted by molar-refractivity contribution is 5.43. The normalized spacial score (nSPS) is 13.3. The highest BCUT2D eigenvalue weighted by Crippen LogP contribution is 2.31. The molecule has 3 heteroatoms. The largest absolute Gasteiger partial charge is 0.496 e. The van der Waals surface area contributed by atoms with E-state index in [1.807, 2.05) is 12.1 Å². The molecule has 18 heavy (non-hydrogen) atoms. The van der Waals surface area contributed by atoms with E-state index in [0.717, 1.165) is 0 Å². The van der Waals surface area contributed by atoms with Gasteiger partial charge < -0.3 is 14.6 Å². The summed E-state index contributed by atoms with van der Waals surface area (Å²) in [6.07, 6.45) is 2.22. The number of para-hydroxylation sites is 1. The van der Waals surface area contributed by atoms with Gasteiger partial charge in [0.1, 0.15) is 17.6 Å². The molecule has 0 fully saturated rings. The van der Waals surface area contributed by atoms with E-state index >= 15 is 0 Å². The number of ether oxygens (including phenoxy) is 2. The zero-order valence-corrected chi connectivity index (χ0v) is 10.7. The summed E-state index contributed by atoms with van der Waals surface area (Å²) < 4.78 is 10.4. The van der Waals surface area contributed by atoms with Gasteiger partial charge in [0, 0.05) is 11.1 Å². The molecule has 1 aromatic carbocycles. The van der Waals surface area contributed by atoms with E-state index in [1.165, 1.54) is 13.2 Å². The maximum absolute atomic E-state index is 10.4. The van der Waals surface area contributed by atoms with E-state index < -0.39 is 6.10 Å². The summed E-state index contributed by atoms with van der Waals surface area (Å²) in [5, 5.41) is 10.4. The molecule has 1 N–H and O–H groups in total. The fraction of sp³-hybridized carbons (Fsp3) is 0.200. The van der Waals surface area contributed by atoms with Crippen LogP contribution < -0.4 is 4.74 Å². The van der Waals surface area contributed by atoms with Gasteiger partial charge in [-0.15, -0.1) is 0 Å². The van der Waals surface area contributed by atoms with Crippen molar-refractivity contribution in [1.82, 2.24) is 0 Å². The monoisotopic (exact) mass is 246 g/mol. The molecule has 1 rings (SSSR count). The molecule has 0 aromatic heterocycles. The van der Waals surface area contributed by atoms with Crippen molar-refractivity contribution < 1.29 is 14.6 Å². The molecule has 0 aliphatic heterocycles. The number of aliphatic hydroxyl groups is 1. The summed E-state index contributed by atoms with van der Waals surface area (Å²) in [7, 11) is 3.09. The topological polar surface area (TPSA) is 38.7 Å². The van der Waals surface area contributed by atoms with E-state index in [9.17, 15) is 5.11 Å².